The lowest BCUT2D eigenvalue weighted by molar-refractivity contribution is -0.149. The summed E-state index contributed by atoms with van der Waals surface area (Å²) in [4.78, 5) is 40.0. The van der Waals surface area contributed by atoms with Crippen LogP contribution in [0, 0.1) is 17.8 Å². The van der Waals surface area contributed by atoms with E-state index in [4.69, 9.17) is 4.74 Å². The largest absolute Gasteiger partial charge is 0.484 e. The van der Waals surface area contributed by atoms with Gasteiger partial charge in [0, 0.05) is 32.1 Å². The molecule has 152 valence electrons. The molecule has 0 aromatic heterocycles. The first-order valence-electron chi connectivity index (χ1n) is 9.91. The molecule has 28 heavy (non-hydrogen) atoms. The third-order valence-electron chi connectivity index (χ3n) is 5.62. The van der Waals surface area contributed by atoms with Crippen molar-refractivity contribution >= 4 is 17.8 Å². The van der Waals surface area contributed by atoms with Crippen LogP contribution in [0.4, 0.5) is 0 Å². The van der Waals surface area contributed by atoms with Gasteiger partial charge >= 0.3 is 5.97 Å². The maximum atomic E-state index is 12.9. The van der Waals surface area contributed by atoms with Gasteiger partial charge in [0.25, 0.3) is 5.91 Å². The van der Waals surface area contributed by atoms with Gasteiger partial charge in [-0.1, -0.05) is 25.1 Å². The molecule has 2 heterocycles. The van der Waals surface area contributed by atoms with E-state index in [1.54, 1.807) is 9.80 Å². The van der Waals surface area contributed by atoms with Gasteiger partial charge in [-0.25, -0.2) is 0 Å². The number of likely N-dealkylation sites (tertiary alicyclic amines) is 2. The number of para-hydroxylation sites is 1. The summed E-state index contributed by atoms with van der Waals surface area (Å²) >= 11 is 0. The first-order chi connectivity index (χ1) is 13.4. The van der Waals surface area contributed by atoms with Gasteiger partial charge in [0.15, 0.2) is 6.61 Å². The summed E-state index contributed by atoms with van der Waals surface area (Å²) in [5.41, 5.74) is 0. The van der Waals surface area contributed by atoms with Crippen molar-refractivity contribution in [2.24, 2.45) is 17.8 Å². The molecule has 1 N–H and O–H groups in total. The summed E-state index contributed by atoms with van der Waals surface area (Å²) in [6.07, 6.45) is 1.84. The normalized spacial score (nSPS) is 23.3. The van der Waals surface area contributed by atoms with E-state index in [2.05, 4.69) is 0 Å². The Labute approximate surface area is 165 Å². The average molecular weight is 388 g/mol. The van der Waals surface area contributed by atoms with Gasteiger partial charge in [0.05, 0.1) is 5.92 Å². The fraction of sp³-hybridized carbons (Fsp3) is 0.571. The Morgan fingerprint density at radius 3 is 2.36 bits per heavy atom. The Hall–Kier alpha value is -2.57. The minimum absolute atomic E-state index is 0.00738. The summed E-state index contributed by atoms with van der Waals surface area (Å²) in [5, 5.41) is 9.30. The minimum atomic E-state index is -0.830. The Morgan fingerprint density at radius 2 is 1.71 bits per heavy atom. The topological polar surface area (TPSA) is 87.2 Å². The quantitative estimate of drug-likeness (QED) is 0.832. The fourth-order valence-electron chi connectivity index (χ4n) is 4.10. The second-order valence-corrected chi connectivity index (χ2v) is 7.88. The number of piperidine rings is 2. The molecule has 0 radical (unpaired) electrons. The average Bonchev–Trinajstić information content (AvgIpc) is 2.72. The number of nitrogens with zero attached hydrogens (tertiary/aromatic N) is 2. The third kappa shape index (κ3) is 5.03. The van der Waals surface area contributed by atoms with E-state index < -0.39 is 11.9 Å². The first-order valence-corrected chi connectivity index (χ1v) is 9.91. The molecule has 0 saturated carbocycles. The Bertz CT molecular complexity index is 700. The van der Waals surface area contributed by atoms with Gasteiger partial charge in [-0.15, -0.1) is 0 Å². The highest BCUT2D eigenvalue weighted by Gasteiger charge is 2.36. The van der Waals surface area contributed by atoms with Gasteiger partial charge in [-0.2, -0.15) is 0 Å². The van der Waals surface area contributed by atoms with E-state index in [1.807, 2.05) is 37.3 Å². The maximum Gasteiger partial charge on any atom is 0.308 e. The van der Waals surface area contributed by atoms with Crippen LogP contribution < -0.4 is 4.74 Å². The van der Waals surface area contributed by atoms with Crippen LogP contribution in [0.15, 0.2) is 30.3 Å². The SMILES string of the molecule is CC1CC(C(=O)O)CN(C(=O)C2CCN(C(=O)COc3ccccc3)CC2)C1. The molecule has 3 rings (SSSR count). The van der Waals surface area contributed by atoms with Crippen molar-refractivity contribution in [1.29, 1.82) is 0 Å². The van der Waals surface area contributed by atoms with Crippen LogP contribution in [0.1, 0.15) is 26.2 Å². The van der Waals surface area contributed by atoms with Gasteiger partial charge in [-0.3, -0.25) is 14.4 Å². The van der Waals surface area contributed by atoms with Crippen LogP contribution in [-0.4, -0.2) is 65.5 Å². The second kappa shape index (κ2) is 9.08. The van der Waals surface area contributed by atoms with Crippen LogP contribution in [0.2, 0.25) is 0 Å². The van der Waals surface area contributed by atoms with Gasteiger partial charge < -0.3 is 19.6 Å². The van der Waals surface area contributed by atoms with E-state index in [-0.39, 0.29) is 30.3 Å². The summed E-state index contributed by atoms with van der Waals surface area (Å²) in [5.74, 6) is -0.645. The molecule has 0 bridgehead atoms. The predicted octanol–water partition coefficient (Wildman–Crippen LogP) is 1.87. The lowest BCUT2D eigenvalue weighted by Gasteiger charge is -2.39. The van der Waals surface area contributed by atoms with Crippen LogP contribution in [0.25, 0.3) is 0 Å². The number of amides is 2. The van der Waals surface area contributed by atoms with E-state index in [0.29, 0.717) is 51.2 Å². The van der Waals surface area contributed by atoms with Crippen LogP contribution in [-0.2, 0) is 14.4 Å². The molecule has 2 atom stereocenters. The van der Waals surface area contributed by atoms with Crippen molar-refractivity contribution in [2.75, 3.05) is 32.8 Å². The van der Waals surface area contributed by atoms with Crippen molar-refractivity contribution in [1.82, 2.24) is 9.80 Å². The van der Waals surface area contributed by atoms with E-state index in [0.717, 1.165) is 0 Å². The molecule has 7 nitrogen and oxygen atoms in total. The Kier molecular flexibility index (Phi) is 6.54. The Balaban J connectivity index is 1.47. The number of hydrogen-bond donors (Lipinski definition) is 1. The zero-order chi connectivity index (χ0) is 20.1. The highest BCUT2D eigenvalue weighted by Crippen LogP contribution is 2.26. The molecular weight excluding hydrogens is 360 g/mol. The predicted molar refractivity (Wildman–Crippen MR) is 103 cm³/mol. The molecular formula is C21H28N2O5. The van der Waals surface area contributed by atoms with E-state index in [1.165, 1.54) is 0 Å². The molecule has 2 unspecified atom stereocenters. The number of carboxylic acid groups (broad SMARTS) is 1. The first kappa shape index (κ1) is 20.2. The summed E-state index contributed by atoms with van der Waals surface area (Å²) in [6, 6.07) is 9.21. The number of ether oxygens (including phenoxy) is 1. The number of carbonyl (C=O) groups is 3. The van der Waals surface area contributed by atoms with Gasteiger partial charge in [-0.05, 0) is 37.3 Å². The van der Waals surface area contributed by atoms with Crippen molar-refractivity contribution in [2.45, 2.75) is 26.2 Å². The number of carbonyl (C=O) groups excluding carboxylic acids is 2. The molecule has 7 heteroatoms. The smallest absolute Gasteiger partial charge is 0.308 e. The number of hydrogen-bond acceptors (Lipinski definition) is 4. The number of aliphatic carboxylic acids is 1. The summed E-state index contributed by atoms with van der Waals surface area (Å²) < 4.78 is 5.51. The molecule has 0 aliphatic carbocycles. The second-order valence-electron chi connectivity index (χ2n) is 7.88. The van der Waals surface area contributed by atoms with Gasteiger partial charge in [0.1, 0.15) is 5.75 Å². The Morgan fingerprint density at radius 1 is 1.04 bits per heavy atom. The van der Waals surface area contributed by atoms with Crippen molar-refractivity contribution in [3.05, 3.63) is 30.3 Å². The van der Waals surface area contributed by atoms with Crippen LogP contribution >= 0.6 is 0 Å². The number of carboxylic acids is 1. The molecule has 0 spiro atoms. The van der Waals surface area contributed by atoms with Crippen LogP contribution in [0.5, 0.6) is 5.75 Å². The molecule has 1 aromatic carbocycles. The van der Waals surface area contributed by atoms with E-state index in [9.17, 15) is 19.5 Å². The molecule has 2 saturated heterocycles. The number of benzene rings is 1. The van der Waals surface area contributed by atoms with Crippen molar-refractivity contribution < 1.29 is 24.2 Å². The highest BCUT2D eigenvalue weighted by molar-refractivity contribution is 5.81. The molecule has 2 aliphatic rings. The summed E-state index contributed by atoms with van der Waals surface area (Å²) in [6.45, 7) is 3.95. The van der Waals surface area contributed by atoms with Gasteiger partial charge in [0.2, 0.25) is 5.91 Å². The molecule has 1 aromatic rings. The third-order valence-corrected chi connectivity index (χ3v) is 5.62. The monoisotopic (exact) mass is 388 g/mol. The standard InChI is InChI=1S/C21H28N2O5/c1-15-11-17(21(26)27)13-23(12-15)20(25)16-7-9-22(10-8-16)19(24)14-28-18-5-3-2-4-6-18/h2-6,15-17H,7-14H2,1H3,(H,26,27). The molecule has 2 aliphatic heterocycles. The fourth-order valence-corrected chi connectivity index (χ4v) is 4.10. The molecule has 2 amide bonds. The minimum Gasteiger partial charge on any atom is -0.484 e. The van der Waals surface area contributed by atoms with Crippen molar-refractivity contribution in [3.63, 3.8) is 0 Å². The number of rotatable bonds is 5. The lowest BCUT2D eigenvalue weighted by atomic mass is 9.88. The van der Waals surface area contributed by atoms with Crippen LogP contribution in [0.3, 0.4) is 0 Å². The lowest BCUT2D eigenvalue weighted by Crippen LogP contribution is -2.50. The molecule has 2 fully saturated rings. The summed E-state index contributed by atoms with van der Waals surface area (Å²) in [7, 11) is 0. The maximum absolute atomic E-state index is 12.9. The van der Waals surface area contributed by atoms with Crippen molar-refractivity contribution in [3.8, 4) is 5.75 Å². The zero-order valence-corrected chi connectivity index (χ0v) is 16.3. The zero-order valence-electron chi connectivity index (χ0n) is 16.3. The van der Waals surface area contributed by atoms with E-state index >= 15 is 0 Å². The highest BCUT2D eigenvalue weighted by atomic mass is 16.5.